The first-order valence-corrected chi connectivity index (χ1v) is 8.05. The van der Waals surface area contributed by atoms with Gasteiger partial charge in [0.2, 0.25) is 0 Å². The zero-order chi connectivity index (χ0) is 15.7. The Morgan fingerprint density at radius 1 is 1.38 bits per heavy atom. The molecule has 21 heavy (non-hydrogen) atoms. The van der Waals surface area contributed by atoms with Crippen LogP contribution in [0.5, 0.6) is 0 Å². The molecule has 0 aromatic carbocycles. The van der Waals surface area contributed by atoms with Crippen LogP contribution in [-0.2, 0) is 11.3 Å². The number of unbranched alkanes of at least 4 members (excludes halogenated alkanes) is 1. The molecule has 2 amide bonds. The van der Waals surface area contributed by atoms with E-state index in [0.29, 0.717) is 25.3 Å². The maximum atomic E-state index is 12.1. The molecule has 0 atom stereocenters. The number of methoxy groups -OCH3 is 1. The van der Waals surface area contributed by atoms with Gasteiger partial charge < -0.3 is 15.0 Å². The summed E-state index contributed by atoms with van der Waals surface area (Å²) in [6.45, 7) is 5.85. The quantitative estimate of drug-likeness (QED) is 0.591. The van der Waals surface area contributed by atoms with Gasteiger partial charge in [0.15, 0.2) is 5.69 Å². The van der Waals surface area contributed by atoms with Gasteiger partial charge in [0.1, 0.15) is 5.01 Å². The van der Waals surface area contributed by atoms with Crippen molar-refractivity contribution in [1.82, 2.24) is 15.2 Å². The van der Waals surface area contributed by atoms with E-state index in [9.17, 15) is 9.59 Å². The average Bonchev–Trinajstić information content (AvgIpc) is 2.94. The van der Waals surface area contributed by atoms with Crippen molar-refractivity contribution in [2.24, 2.45) is 0 Å². The summed E-state index contributed by atoms with van der Waals surface area (Å²) in [5, 5.41) is 5.29. The predicted molar refractivity (Wildman–Crippen MR) is 82.5 cm³/mol. The summed E-state index contributed by atoms with van der Waals surface area (Å²) in [6.07, 6.45) is 2.88. The lowest BCUT2D eigenvalue weighted by molar-refractivity contribution is 0.0594. The predicted octanol–water partition coefficient (Wildman–Crippen LogP) is 2.65. The van der Waals surface area contributed by atoms with Crippen molar-refractivity contribution in [3.8, 4) is 0 Å². The molecule has 0 bridgehead atoms. The van der Waals surface area contributed by atoms with E-state index in [2.05, 4.69) is 22.0 Å². The van der Waals surface area contributed by atoms with Gasteiger partial charge in [-0.25, -0.2) is 14.6 Å². The van der Waals surface area contributed by atoms with Gasteiger partial charge in [-0.1, -0.05) is 20.3 Å². The lowest BCUT2D eigenvalue weighted by atomic mass is 10.3. The molecule has 0 saturated heterocycles. The van der Waals surface area contributed by atoms with Gasteiger partial charge in [0.05, 0.1) is 13.7 Å². The Balaban J connectivity index is 2.62. The fraction of sp³-hybridized carbons (Fsp3) is 0.643. The number of aromatic nitrogens is 1. The molecule has 0 fully saturated rings. The van der Waals surface area contributed by atoms with E-state index in [1.807, 2.05) is 6.92 Å². The van der Waals surface area contributed by atoms with Crippen LogP contribution in [-0.4, -0.2) is 42.1 Å². The fourth-order valence-corrected chi connectivity index (χ4v) is 2.53. The summed E-state index contributed by atoms with van der Waals surface area (Å²) in [4.78, 5) is 29.4. The third-order valence-electron chi connectivity index (χ3n) is 2.86. The second kappa shape index (κ2) is 9.33. The SMILES string of the molecule is CCCCNC(=O)N(CCC)Cc1nc(C(=O)OC)cs1. The fourth-order valence-electron chi connectivity index (χ4n) is 1.75. The number of nitrogens with zero attached hydrogens (tertiary/aromatic N) is 2. The van der Waals surface area contributed by atoms with Crippen molar-refractivity contribution in [2.45, 2.75) is 39.7 Å². The van der Waals surface area contributed by atoms with E-state index in [1.54, 1.807) is 10.3 Å². The third-order valence-corrected chi connectivity index (χ3v) is 3.69. The molecular formula is C14H23N3O3S. The topological polar surface area (TPSA) is 71.5 Å². The second-order valence-electron chi connectivity index (χ2n) is 4.63. The molecule has 0 saturated carbocycles. The minimum Gasteiger partial charge on any atom is -0.464 e. The first kappa shape index (κ1) is 17.4. The molecule has 0 aliphatic heterocycles. The number of rotatable bonds is 8. The van der Waals surface area contributed by atoms with Crippen LogP contribution in [0.25, 0.3) is 0 Å². The van der Waals surface area contributed by atoms with Gasteiger partial charge in [-0.3, -0.25) is 0 Å². The minimum atomic E-state index is -0.452. The van der Waals surface area contributed by atoms with E-state index >= 15 is 0 Å². The number of nitrogens with one attached hydrogen (secondary N) is 1. The number of carbonyl (C=O) groups excluding carboxylic acids is 2. The Morgan fingerprint density at radius 3 is 2.76 bits per heavy atom. The molecule has 0 radical (unpaired) electrons. The van der Waals surface area contributed by atoms with Crippen molar-refractivity contribution >= 4 is 23.3 Å². The Hall–Kier alpha value is -1.63. The monoisotopic (exact) mass is 313 g/mol. The van der Waals surface area contributed by atoms with Crippen LogP contribution in [0.15, 0.2) is 5.38 Å². The molecule has 6 nitrogen and oxygen atoms in total. The zero-order valence-electron chi connectivity index (χ0n) is 12.8. The maximum Gasteiger partial charge on any atom is 0.357 e. The largest absolute Gasteiger partial charge is 0.464 e. The van der Waals surface area contributed by atoms with Gasteiger partial charge in [-0.2, -0.15) is 0 Å². The van der Waals surface area contributed by atoms with Gasteiger partial charge in [-0.05, 0) is 12.8 Å². The summed E-state index contributed by atoms with van der Waals surface area (Å²) in [5.41, 5.74) is 0.292. The molecule has 1 N–H and O–H groups in total. The highest BCUT2D eigenvalue weighted by Gasteiger charge is 2.16. The normalized spacial score (nSPS) is 10.2. The molecule has 1 aromatic rings. The molecule has 0 unspecified atom stereocenters. The molecular weight excluding hydrogens is 290 g/mol. The molecule has 118 valence electrons. The summed E-state index contributed by atoms with van der Waals surface area (Å²) in [5.74, 6) is -0.452. The van der Waals surface area contributed by atoms with E-state index in [1.165, 1.54) is 18.4 Å². The van der Waals surface area contributed by atoms with Crippen molar-refractivity contribution in [3.05, 3.63) is 16.1 Å². The molecule has 1 aromatic heterocycles. The standard InChI is InChI=1S/C14H23N3O3S/c1-4-6-7-15-14(19)17(8-5-2)9-12-16-11(10-21-12)13(18)20-3/h10H,4-9H2,1-3H3,(H,15,19). The van der Waals surface area contributed by atoms with Crippen molar-refractivity contribution < 1.29 is 14.3 Å². The molecule has 7 heteroatoms. The number of carbonyl (C=O) groups is 2. The van der Waals surface area contributed by atoms with Crippen LogP contribution < -0.4 is 5.32 Å². The molecule has 1 rings (SSSR count). The number of amides is 2. The smallest absolute Gasteiger partial charge is 0.357 e. The molecule has 1 heterocycles. The van der Waals surface area contributed by atoms with Crippen LogP contribution in [0.4, 0.5) is 4.79 Å². The summed E-state index contributed by atoms with van der Waals surface area (Å²) < 4.78 is 4.63. The van der Waals surface area contributed by atoms with Gasteiger partial charge >= 0.3 is 12.0 Å². The highest BCUT2D eigenvalue weighted by Crippen LogP contribution is 2.13. The molecule has 0 aliphatic rings. The highest BCUT2D eigenvalue weighted by atomic mass is 32.1. The Bertz CT molecular complexity index is 462. The van der Waals surface area contributed by atoms with Crippen LogP contribution in [0.2, 0.25) is 0 Å². The zero-order valence-corrected chi connectivity index (χ0v) is 13.7. The summed E-state index contributed by atoms with van der Waals surface area (Å²) in [6, 6.07) is -0.0832. The Kier molecular flexibility index (Phi) is 7.74. The summed E-state index contributed by atoms with van der Waals surface area (Å²) in [7, 11) is 1.33. The van der Waals surface area contributed by atoms with E-state index in [0.717, 1.165) is 24.3 Å². The highest BCUT2D eigenvalue weighted by molar-refractivity contribution is 7.09. The van der Waals surface area contributed by atoms with Crippen LogP contribution in [0.1, 0.15) is 48.6 Å². The van der Waals surface area contributed by atoms with E-state index in [-0.39, 0.29) is 6.03 Å². The van der Waals surface area contributed by atoms with Crippen molar-refractivity contribution in [1.29, 1.82) is 0 Å². The average molecular weight is 313 g/mol. The first-order valence-electron chi connectivity index (χ1n) is 7.17. The van der Waals surface area contributed by atoms with Crippen molar-refractivity contribution in [3.63, 3.8) is 0 Å². The summed E-state index contributed by atoms with van der Waals surface area (Å²) >= 11 is 1.36. The van der Waals surface area contributed by atoms with E-state index < -0.39 is 5.97 Å². The second-order valence-corrected chi connectivity index (χ2v) is 5.57. The number of hydrogen-bond acceptors (Lipinski definition) is 5. The number of ether oxygens (including phenoxy) is 1. The van der Waals surface area contributed by atoms with Gasteiger partial charge in [0.25, 0.3) is 0 Å². The lowest BCUT2D eigenvalue weighted by Gasteiger charge is -2.21. The minimum absolute atomic E-state index is 0.0832. The number of thiazole rings is 1. The third kappa shape index (κ3) is 5.71. The molecule has 0 spiro atoms. The van der Waals surface area contributed by atoms with E-state index in [4.69, 9.17) is 0 Å². The number of esters is 1. The van der Waals surface area contributed by atoms with Crippen LogP contribution in [0.3, 0.4) is 0 Å². The van der Waals surface area contributed by atoms with Crippen LogP contribution >= 0.6 is 11.3 Å². The Morgan fingerprint density at radius 2 is 2.14 bits per heavy atom. The first-order chi connectivity index (χ1) is 10.1. The van der Waals surface area contributed by atoms with Gasteiger partial charge in [0, 0.05) is 18.5 Å². The molecule has 0 aliphatic carbocycles. The van der Waals surface area contributed by atoms with Crippen LogP contribution in [0, 0.1) is 0 Å². The number of hydrogen-bond donors (Lipinski definition) is 1. The maximum absolute atomic E-state index is 12.1. The Labute approximate surface area is 129 Å². The lowest BCUT2D eigenvalue weighted by Crippen LogP contribution is -2.40. The number of urea groups is 1. The van der Waals surface area contributed by atoms with Crippen molar-refractivity contribution in [2.75, 3.05) is 20.2 Å². The van der Waals surface area contributed by atoms with Gasteiger partial charge in [-0.15, -0.1) is 11.3 Å².